The summed E-state index contributed by atoms with van der Waals surface area (Å²) in [4.78, 5) is 0. The van der Waals surface area contributed by atoms with Crippen molar-refractivity contribution in [2.45, 2.75) is 13.5 Å². The number of ether oxygens (including phenoxy) is 2. The van der Waals surface area contributed by atoms with Crippen LogP contribution in [-0.4, -0.2) is 19.4 Å². The van der Waals surface area contributed by atoms with E-state index in [-0.39, 0.29) is 11.5 Å². The molecule has 0 radical (unpaired) electrons. The van der Waals surface area contributed by atoms with Crippen LogP contribution in [0.5, 0.6) is 11.5 Å². The molecule has 4 nitrogen and oxygen atoms in total. The molecule has 0 atom stereocenters. The van der Waals surface area contributed by atoms with E-state index in [0.29, 0.717) is 11.3 Å². The highest BCUT2D eigenvalue weighted by Gasteiger charge is 2.11. The number of rotatable bonds is 4. The summed E-state index contributed by atoms with van der Waals surface area (Å²) in [5, 5.41) is 3.50. The van der Waals surface area contributed by atoms with E-state index in [0.717, 1.165) is 0 Å². The Kier molecular flexibility index (Phi) is 4.04. The molecule has 0 amide bonds. The number of halogens is 2. The van der Waals surface area contributed by atoms with Gasteiger partial charge in [-0.25, -0.2) is 0 Å². The lowest BCUT2D eigenvalue weighted by Crippen LogP contribution is -2.05. The van der Waals surface area contributed by atoms with Crippen LogP contribution in [0.15, 0.2) is 23.3 Å². The molecule has 1 rings (SSSR count). The summed E-state index contributed by atoms with van der Waals surface area (Å²) in [6.07, 6.45) is 0. The van der Waals surface area contributed by atoms with Crippen molar-refractivity contribution >= 4 is 5.71 Å². The van der Waals surface area contributed by atoms with E-state index in [1.807, 2.05) is 0 Å². The second-order valence-corrected chi connectivity index (χ2v) is 2.96. The van der Waals surface area contributed by atoms with E-state index < -0.39 is 6.61 Å². The Morgan fingerprint density at radius 2 is 2.06 bits per heavy atom. The molecule has 0 aliphatic carbocycles. The molecular weight excluding hydrogens is 218 g/mol. The summed E-state index contributed by atoms with van der Waals surface area (Å²) in [7, 11) is 1.37. The van der Waals surface area contributed by atoms with E-state index in [2.05, 4.69) is 9.84 Å². The third-order valence-corrected chi connectivity index (χ3v) is 1.99. The van der Waals surface area contributed by atoms with Crippen molar-refractivity contribution in [2.75, 3.05) is 7.11 Å². The molecule has 1 aromatic rings. The zero-order valence-corrected chi connectivity index (χ0v) is 8.91. The predicted octanol–water partition coefficient (Wildman–Crippen LogP) is 1.98. The number of benzene rings is 1. The van der Waals surface area contributed by atoms with Gasteiger partial charge in [0.05, 0.1) is 12.8 Å². The van der Waals surface area contributed by atoms with Crippen molar-refractivity contribution in [2.24, 2.45) is 10.9 Å². The van der Waals surface area contributed by atoms with Crippen LogP contribution in [0.4, 0.5) is 8.78 Å². The van der Waals surface area contributed by atoms with Gasteiger partial charge in [-0.15, -0.1) is 0 Å². The van der Waals surface area contributed by atoms with Gasteiger partial charge >= 0.3 is 6.61 Å². The van der Waals surface area contributed by atoms with Gasteiger partial charge in [0, 0.05) is 5.56 Å². The van der Waals surface area contributed by atoms with Crippen LogP contribution in [0, 0.1) is 0 Å². The van der Waals surface area contributed by atoms with Gasteiger partial charge in [-0.05, 0) is 25.1 Å². The number of nitrogens with zero attached hydrogens (tertiary/aromatic N) is 1. The average molecular weight is 230 g/mol. The highest BCUT2D eigenvalue weighted by Crippen LogP contribution is 2.29. The molecule has 0 spiro atoms. The molecular formula is C10H12F2N2O2. The highest BCUT2D eigenvalue weighted by molar-refractivity contribution is 5.99. The van der Waals surface area contributed by atoms with Crippen LogP contribution >= 0.6 is 0 Å². The number of hydrazone groups is 1. The van der Waals surface area contributed by atoms with Gasteiger partial charge in [-0.3, -0.25) is 0 Å². The summed E-state index contributed by atoms with van der Waals surface area (Å²) in [5.74, 6) is 5.30. The molecule has 1 aromatic carbocycles. The number of nitrogens with two attached hydrogens (primary N) is 1. The van der Waals surface area contributed by atoms with Gasteiger partial charge in [-0.2, -0.15) is 13.9 Å². The Morgan fingerprint density at radius 3 is 2.56 bits per heavy atom. The number of alkyl halides is 2. The summed E-state index contributed by atoms with van der Waals surface area (Å²) in [5.41, 5.74) is 1.25. The molecule has 0 aromatic heterocycles. The van der Waals surface area contributed by atoms with Crippen molar-refractivity contribution in [3.63, 3.8) is 0 Å². The number of hydrogen-bond donors (Lipinski definition) is 1. The standard InChI is InChI=1S/C10H12F2N2O2/c1-6(14-13)7-3-4-8(16-10(11)12)9(5-7)15-2/h3-5,10H,13H2,1-2H3/b14-6-. The first kappa shape index (κ1) is 12.2. The van der Waals surface area contributed by atoms with Crippen molar-refractivity contribution in [3.05, 3.63) is 23.8 Å². The van der Waals surface area contributed by atoms with Crippen molar-refractivity contribution in [1.82, 2.24) is 0 Å². The minimum atomic E-state index is -2.89. The fourth-order valence-electron chi connectivity index (χ4n) is 1.16. The van der Waals surface area contributed by atoms with Gasteiger partial charge in [0.25, 0.3) is 0 Å². The summed E-state index contributed by atoms with van der Waals surface area (Å²) in [6.45, 7) is -1.19. The molecule has 0 unspecified atom stereocenters. The van der Waals surface area contributed by atoms with Gasteiger partial charge in [0.1, 0.15) is 0 Å². The molecule has 0 saturated heterocycles. The normalized spacial score (nSPS) is 11.7. The maximum Gasteiger partial charge on any atom is 0.387 e. The van der Waals surface area contributed by atoms with Crippen molar-refractivity contribution in [3.8, 4) is 11.5 Å². The minimum Gasteiger partial charge on any atom is -0.493 e. The fourth-order valence-corrected chi connectivity index (χ4v) is 1.16. The molecule has 0 heterocycles. The average Bonchev–Trinajstić information content (AvgIpc) is 2.27. The second kappa shape index (κ2) is 5.29. The van der Waals surface area contributed by atoms with Crippen LogP contribution in [0.1, 0.15) is 12.5 Å². The van der Waals surface area contributed by atoms with Crippen molar-refractivity contribution in [1.29, 1.82) is 0 Å². The second-order valence-electron chi connectivity index (χ2n) is 2.96. The zero-order valence-electron chi connectivity index (χ0n) is 8.91. The Balaban J connectivity index is 3.06. The summed E-state index contributed by atoms with van der Waals surface area (Å²) < 4.78 is 33.3. The molecule has 88 valence electrons. The summed E-state index contributed by atoms with van der Waals surface area (Å²) >= 11 is 0. The maximum atomic E-state index is 12.0. The van der Waals surface area contributed by atoms with Crippen LogP contribution in [0.3, 0.4) is 0 Å². The van der Waals surface area contributed by atoms with E-state index >= 15 is 0 Å². The lowest BCUT2D eigenvalue weighted by atomic mass is 10.1. The molecule has 0 bridgehead atoms. The molecule has 16 heavy (non-hydrogen) atoms. The molecule has 0 fully saturated rings. The van der Waals surface area contributed by atoms with Gasteiger partial charge in [-0.1, -0.05) is 0 Å². The monoisotopic (exact) mass is 230 g/mol. The topological polar surface area (TPSA) is 56.8 Å². The van der Waals surface area contributed by atoms with E-state index in [9.17, 15) is 8.78 Å². The van der Waals surface area contributed by atoms with Crippen LogP contribution in [0.25, 0.3) is 0 Å². The number of methoxy groups -OCH3 is 1. The Morgan fingerprint density at radius 1 is 1.38 bits per heavy atom. The van der Waals surface area contributed by atoms with Crippen LogP contribution in [0.2, 0.25) is 0 Å². The molecule has 0 aliphatic rings. The molecule has 6 heteroatoms. The van der Waals surface area contributed by atoms with Crippen molar-refractivity contribution < 1.29 is 18.3 Å². The van der Waals surface area contributed by atoms with Gasteiger partial charge in [0.2, 0.25) is 0 Å². The first-order valence-corrected chi connectivity index (χ1v) is 4.46. The van der Waals surface area contributed by atoms with Crippen LogP contribution in [-0.2, 0) is 0 Å². The third-order valence-electron chi connectivity index (χ3n) is 1.99. The smallest absolute Gasteiger partial charge is 0.387 e. The molecule has 0 aliphatic heterocycles. The van der Waals surface area contributed by atoms with E-state index in [1.165, 1.54) is 19.2 Å². The first-order valence-electron chi connectivity index (χ1n) is 4.46. The third kappa shape index (κ3) is 2.82. The molecule has 2 N–H and O–H groups in total. The fraction of sp³-hybridized carbons (Fsp3) is 0.300. The van der Waals surface area contributed by atoms with Gasteiger partial charge in [0.15, 0.2) is 11.5 Å². The summed E-state index contributed by atoms with van der Waals surface area (Å²) in [6, 6.07) is 4.49. The molecule has 0 saturated carbocycles. The lowest BCUT2D eigenvalue weighted by molar-refractivity contribution is -0.0512. The SMILES string of the molecule is COc1cc(/C(C)=N\N)ccc1OC(F)F. The number of hydrogen-bond acceptors (Lipinski definition) is 4. The first-order chi connectivity index (χ1) is 7.58. The van der Waals surface area contributed by atoms with Crippen LogP contribution < -0.4 is 15.3 Å². The maximum absolute atomic E-state index is 12.0. The quantitative estimate of drug-likeness (QED) is 0.489. The Labute approximate surface area is 91.7 Å². The highest BCUT2D eigenvalue weighted by atomic mass is 19.3. The predicted molar refractivity (Wildman–Crippen MR) is 56.0 cm³/mol. The lowest BCUT2D eigenvalue weighted by Gasteiger charge is -2.10. The Bertz CT molecular complexity index is 394. The zero-order chi connectivity index (χ0) is 12.1. The van der Waals surface area contributed by atoms with E-state index in [4.69, 9.17) is 10.6 Å². The Hall–Kier alpha value is -1.85. The minimum absolute atomic E-state index is 0.0222. The largest absolute Gasteiger partial charge is 0.493 e. The van der Waals surface area contributed by atoms with Gasteiger partial charge < -0.3 is 15.3 Å². The van der Waals surface area contributed by atoms with E-state index in [1.54, 1.807) is 13.0 Å².